The van der Waals surface area contributed by atoms with Crippen LogP contribution in [0, 0.1) is 10.8 Å². The van der Waals surface area contributed by atoms with E-state index in [0.717, 1.165) is 33.2 Å². The summed E-state index contributed by atoms with van der Waals surface area (Å²) in [5.41, 5.74) is 4.00. The minimum atomic E-state index is -0.927. The molecule has 4 aromatic rings. The van der Waals surface area contributed by atoms with Gasteiger partial charge in [0.05, 0.1) is 25.8 Å². The van der Waals surface area contributed by atoms with Crippen molar-refractivity contribution in [2.24, 2.45) is 10.8 Å². The number of aliphatic hydroxyl groups is 1. The van der Waals surface area contributed by atoms with E-state index in [2.05, 4.69) is 56.6 Å². The van der Waals surface area contributed by atoms with Crippen LogP contribution in [0.2, 0.25) is 0 Å². The lowest BCUT2D eigenvalue weighted by molar-refractivity contribution is -0.126. The van der Waals surface area contributed by atoms with Gasteiger partial charge in [-0.25, -0.2) is 9.59 Å². The SMILES string of the molecule is COC(=O)N[C@H](C(=O)N[C@@H](Cc1ccccc1)C[C@H](O)[C@H](Cc1ccc(-c2cnc3ccccc3c2)cc1)NC[C@@H](NC(=O)OC)C(C)(C)C)C(C)(C)C. The molecule has 290 valence electrons. The van der Waals surface area contributed by atoms with Gasteiger partial charge in [0.2, 0.25) is 5.91 Å². The van der Waals surface area contributed by atoms with Crippen molar-refractivity contribution in [3.63, 3.8) is 0 Å². The number of methoxy groups -OCH3 is 2. The van der Waals surface area contributed by atoms with Gasteiger partial charge >= 0.3 is 12.2 Å². The molecule has 1 heterocycles. The largest absolute Gasteiger partial charge is 0.453 e. The third-order valence-corrected chi connectivity index (χ3v) is 9.68. The summed E-state index contributed by atoms with van der Waals surface area (Å²) in [4.78, 5) is 43.0. The van der Waals surface area contributed by atoms with Crippen LogP contribution in [0.1, 0.15) is 59.1 Å². The normalized spacial score (nSPS) is 14.6. The van der Waals surface area contributed by atoms with Crippen molar-refractivity contribution in [1.82, 2.24) is 26.3 Å². The number of ether oxygens (including phenoxy) is 2. The molecular weight excluding hydrogens is 683 g/mol. The number of carbonyl (C=O) groups is 3. The van der Waals surface area contributed by atoms with Crippen LogP contribution in [-0.4, -0.2) is 79.2 Å². The second kappa shape index (κ2) is 18.9. The number of hydrogen-bond donors (Lipinski definition) is 5. The van der Waals surface area contributed by atoms with E-state index < -0.39 is 41.8 Å². The van der Waals surface area contributed by atoms with Crippen molar-refractivity contribution < 1.29 is 29.0 Å². The summed E-state index contributed by atoms with van der Waals surface area (Å²) in [6.45, 7) is 12.0. The number of carbonyl (C=O) groups excluding carboxylic acids is 3. The van der Waals surface area contributed by atoms with Crippen molar-refractivity contribution in [1.29, 1.82) is 0 Å². The average molecular weight is 740 g/mol. The molecule has 1 aromatic heterocycles. The molecule has 11 heteroatoms. The monoisotopic (exact) mass is 739 g/mol. The molecule has 3 amide bonds. The van der Waals surface area contributed by atoms with Crippen LogP contribution in [0.3, 0.4) is 0 Å². The average Bonchev–Trinajstić information content (AvgIpc) is 3.14. The van der Waals surface area contributed by atoms with E-state index >= 15 is 0 Å². The van der Waals surface area contributed by atoms with E-state index in [0.29, 0.717) is 19.4 Å². The Morgan fingerprint density at radius 2 is 1.33 bits per heavy atom. The highest BCUT2D eigenvalue weighted by Crippen LogP contribution is 2.25. The van der Waals surface area contributed by atoms with Crippen LogP contribution in [0.25, 0.3) is 22.0 Å². The lowest BCUT2D eigenvalue weighted by Gasteiger charge is -2.35. The van der Waals surface area contributed by atoms with E-state index in [9.17, 15) is 19.5 Å². The molecular formula is C43H57N5O6. The quantitative estimate of drug-likeness (QED) is 0.0938. The van der Waals surface area contributed by atoms with Crippen molar-refractivity contribution in [3.05, 3.63) is 102 Å². The van der Waals surface area contributed by atoms with Gasteiger partial charge in [-0.1, -0.05) is 114 Å². The van der Waals surface area contributed by atoms with Gasteiger partial charge in [-0.3, -0.25) is 9.78 Å². The van der Waals surface area contributed by atoms with Crippen LogP contribution < -0.4 is 21.3 Å². The number of para-hydroxylation sites is 1. The first-order valence-electron chi connectivity index (χ1n) is 18.5. The molecule has 0 unspecified atom stereocenters. The van der Waals surface area contributed by atoms with Crippen molar-refractivity contribution in [2.45, 2.75) is 91.1 Å². The van der Waals surface area contributed by atoms with Gasteiger partial charge in [-0.15, -0.1) is 0 Å². The summed E-state index contributed by atoms with van der Waals surface area (Å²) >= 11 is 0. The predicted molar refractivity (Wildman–Crippen MR) is 213 cm³/mol. The molecule has 3 aromatic carbocycles. The number of alkyl carbamates (subject to hydrolysis) is 2. The highest BCUT2D eigenvalue weighted by Gasteiger charge is 2.35. The number of amides is 3. The number of aromatic nitrogens is 1. The van der Waals surface area contributed by atoms with Gasteiger partial charge in [-0.05, 0) is 58.9 Å². The number of nitrogens with one attached hydrogen (secondary N) is 4. The van der Waals surface area contributed by atoms with Gasteiger partial charge in [0, 0.05) is 41.8 Å². The van der Waals surface area contributed by atoms with Crippen molar-refractivity contribution in [3.8, 4) is 11.1 Å². The third-order valence-electron chi connectivity index (χ3n) is 9.68. The summed E-state index contributed by atoms with van der Waals surface area (Å²) in [5, 5.41) is 25.4. The summed E-state index contributed by atoms with van der Waals surface area (Å²) < 4.78 is 9.73. The van der Waals surface area contributed by atoms with Gasteiger partial charge in [-0.2, -0.15) is 0 Å². The molecule has 0 bridgehead atoms. The summed E-state index contributed by atoms with van der Waals surface area (Å²) in [5.74, 6) is -0.376. The van der Waals surface area contributed by atoms with Crippen molar-refractivity contribution in [2.75, 3.05) is 20.8 Å². The number of fused-ring (bicyclic) bond motifs is 1. The van der Waals surface area contributed by atoms with Gasteiger partial charge < -0.3 is 35.8 Å². The summed E-state index contributed by atoms with van der Waals surface area (Å²) in [6, 6.07) is 25.9. The van der Waals surface area contributed by atoms with E-state index in [1.807, 2.05) is 102 Å². The van der Waals surface area contributed by atoms with Gasteiger partial charge in [0.25, 0.3) is 0 Å². The maximum absolute atomic E-state index is 13.8. The van der Waals surface area contributed by atoms with Crippen LogP contribution >= 0.6 is 0 Å². The minimum Gasteiger partial charge on any atom is -0.453 e. The van der Waals surface area contributed by atoms with Crippen LogP contribution in [0.15, 0.2) is 91.1 Å². The zero-order valence-corrected chi connectivity index (χ0v) is 32.8. The Labute approximate surface area is 319 Å². The van der Waals surface area contributed by atoms with E-state index in [4.69, 9.17) is 9.47 Å². The van der Waals surface area contributed by atoms with Gasteiger partial charge in [0.1, 0.15) is 6.04 Å². The molecule has 0 radical (unpaired) electrons. The Morgan fingerprint density at radius 3 is 1.96 bits per heavy atom. The fourth-order valence-electron chi connectivity index (χ4n) is 6.39. The molecule has 0 fully saturated rings. The topological polar surface area (TPSA) is 151 Å². The fourth-order valence-corrected chi connectivity index (χ4v) is 6.39. The molecule has 5 N–H and O–H groups in total. The van der Waals surface area contributed by atoms with Crippen molar-refractivity contribution >= 4 is 29.0 Å². The van der Waals surface area contributed by atoms with Crippen LogP contribution in [0.4, 0.5) is 9.59 Å². The summed E-state index contributed by atoms with van der Waals surface area (Å²) in [6.07, 6.45) is 0.834. The number of rotatable bonds is 15. The van der Waals surface area contributed by atoms with E-state index in [-0.39, 0.29) is 23.8 Å². The molecule has 0 aliphatic carbocycles. The molecule has 0 aliphatic rings. The van der Waals surface area contributed by atoms with E-state index in [1.54, 1.807) is 0 Å². The van der Waals surface area contributed by atoms with Gasteiger partial charge in [0.15, 0.2) is 0 Å². The molecule has 0 saturated heterocycles. The first-order valence-corrected chi connectivity index (χ1v) is 18.5. The Bertz CT molecular complexity index is 1820. The standard InChI is InChI=1S/C43H57N5O6/c1-42(2,3)37(47-40(51)53-7)27-45-35(23-29-18-20-30(21-19-29)32-24-31-16-12-13-17-34(31)44-26-32)36(49)25-33(22-28-14-10-9-11-15-28)46-39(50)38(43(4,5)6)48-41(52)54-8/h9-21,24,26,33,35-38,45,49H,22-23,25,27H2,1-8H3,(H,46,50)(H,47,51)(H,48,52)/t33-,35-,36-,37+,38+/m0/s1. The maximum atomic E-state index is 13.8. The number of nitrogens with zero attached hydrogens (tertiary/aromatic N) is 1. The zero-order valence-electron chi connectivity index (χ0n) is 32.8. The van der Waals surface area contributed by atoms with Crippen LogP contribution in [-0.2, 0) is 27.1 Å². The lowest BCUT2D eigenvalue weighted by Crippen LogP contribution is -2.57. The number of hydrogen-bond acceptors (Lipinski definition) is 8. The Morgan fingerprint density at radius 1 is 0.722 bits per heavy atom. The highest BCUT2D eigenvalue weighted by molar-refractivity contribution is 5.86. The molecule has 0 aliphatic heterocycles. The van der Waals surface area contributed by atoms with E-state index in [1.165, 1.54) is 14.2 Å². The Kier molecular flexibility index (Phi) is 14.6. The second-order valence-corrected chi connectivity index (χ2v) is 16.0. The molecule has 11 nitrogen and oxygen atoms in total. The third kappa shape index (κ3) is 12.3. The number of aliphatic hydroxyl groups excluding tert-OH is 1. The minimum absolute atomic E-state index is 0.207. The Hall–Kier alpha value is -5.00. The lowest BCUT2D eigenvalue weighted by atomic mass is 9.85. The predicted octanol–water partition coefficient (Wildman–Crippen LogP) is 6.42. The zero-order chi connectivity index (χ0) is 39.5. The molecule has 4 rings (SSSR count). The smallest absolute Gasteiger partial charge is 0.407 e. The maximum Gasteiger partial charge on any atom is 0.407 e. The molecule has 54 heavy (non-hydrogen) atoms. The molecule has 0 spiro atoms. The first-order chi connectivity index (χ1) is 25.6. The van der Waals surface area contributed by atoms with Crippen LogP contribution in [0.5, 0.6) is 0 Å². The summed E-state index contributed by atoms with van der Waals surface area (Å²) in [7, 11) is 2.59. The fraction of sp³-hybridized carbons (Fsp3) is 0.442. The first kappa shape index (κ1) is 41.8. The highest BCUT2D eigenvalue weighted by atomic mass is 16.5. The Balaban J connectivity index is 1.62. The second-order valence-electron chi connectivity index (χ2n) is 16.0. The number of benzene rings is 3. The molecule has 0 saturated carbocycles. The number of pyridine rings is 1. The molecule has 5 atom stereocenters.